The van der Waals surface area contributed by atoms with Gasteiger partial charge in [-0.2, -0.15) is 0 Å². The molecule has 2 aromatic carbocycles. The topological polar surface area (TPSA) is 59.1 Å². The summed E-state index contributed by atoms with van der Waals surface area (Å²) in [7, 11) is 1.62. The fraction of sp³-hybridized carbons (Fsp3) is 0.462. The molecule has 1 unspecified atom stereocenters. The van der Waals surface area contributed by atoms with Gasteiger partial charge in [0.1, 0.15) is 23.6 Å². The minimum absolute atomic E-state index is 0.0372. The van der Waals surface area contributed by atoms with E-state index in [1.807, 2.05) is 47.4 Å². The number of likely N-dealkylation sites (tertiary alicyclic amines) is 2. The summed E-state index contributed by atoms with van der Waals surface area (Å²) in [5, 5.41) is 0. The van der Waals surface area contributed by atoms with Gasteiger partial charge in [0.15, 0.2) is 0 Å². The third-order valence-electron chi connectivity index (χ3n) is 6.33. The third-order valence-corrected chi connectivity index (χ3v) is 6.33. The lowest BCUT2D eigenvalue weighted by molar-refractivity contribution is -0.143. The Labute approximate surface area is 190 Å². The molecule has 0 aromatic heterocycles. The molecule has 0 bridgehead atoms. The van der Waals surface area contributed by atoms with Gasteiger partial charge in [0.25, 0.3) is 0 Å². The van der Waals surface area contributed by atoms with Gasteiger partial charge in [-0.1, -0.05) is 36.4 Å². The summed E-state index contributed by atoms with van der Waals surface area (Å²) in [4.78, 5) is 30.0. The summed E-state index contributed by atoms with van der Waals surface area (Å²) in [6.07, 6.45) is 4.44. The zero-order valence-electron chi connectivity index (χ0n) is 18.7. The summed E-state index contributed by atoms with van der Waals surface area (Å²) in [6, 6.07) is 17.2. The average molecular weight is 437 g/mol. The van der Waals surface area contributed by atoms with E-state index in [9.17, 15) is 9.59 Å². The summed E-state index contributed by atoms with van der Waals surface area (Å²) < 4.78 is 11.5. The monoisotopic (exact) mass is 436 g/mol. The van der Waals surface area contributed by atoms with Gasteiger partial charge in [-0.05, 0) is 43.4 Å². The highest BCUT2D eigenvalue weighted by molar-refractivity contribution is 5.88. The average Bonchev–Trinajstić information content (AvgIpc) is 3.50. The highest BCUT2D eigenvalue weighted by atomic mass is 16.5. The van der Waals surface area contributed by atoms with Gasteiger partial charge in [0.2, 0.25) is 11.8 Å². The first-order chi connectivity index (χ1) is 15.6. The molecular weight excluding hydrogens is 404 g/mol. The Bertz CT molecular complexity index is 911. The molecule has 0 aliphatic carbocycles. The van der Waals surface area contributed by atoms with Gasteiger partial charge < -0.3 is 19.3 Å². The molecule has 2 atom stereocenters. The zero-order chi connectivity index (χ0) is 22.3. The summed E-state index contributed by atoms with van der Waals surface area (Å²) in [5.41, 5.74) is 1.23. The van der Waals surface area contributed by atoms with Crippen LogP contribution in [0.25, 0.3) is 0 Å². The predicted octanol–water partition coefficient (Wildman–Crippen LogP) is 3.69. The Morgan fingerprint density at radius 2 is 1.75 bits per heavy atom. The molecule has 0 spiro atoms. The van der Waals surface area contributed by atoms with E-state index in [1.165, 1.54) is 5.56 Å². The second kappa shape index (κ2) is 10.5. The van der Waals surface area contributed by atoms with Crippen LogP contribution in [0.1, 0.15) is 37.7 Å². The first-order valence-corrected chi connectivity index (χ1v) is 11.6. The van der Waals surface area contributed by atoms with Gasteiger partial charge in [-0.3, -0.25) is 9.59 Å². The quantitative estimate of drug-likeness (QED) is 0.633. The molecule has 2 aliphatic rings. The minimum atomic E-state index is -0.437. The highest BCUT2D eigenvalue weighted by Crippen LogP contribution is 2.28. The molecule has 0 radical (unpaired) electrons. The van der Waals surface area contributed by atoms with Gasteiger partial charge in [0.05, 0.1) is 13.7 Å². The smallest absolute Gasteiger partial charge is 0.245 e. The maximum atomic E-state index is 13.2. The minimum Gasteiger partial charge on any atom is -0.497 e. The number of rotatable bonds is 8. The lowest BCUT2D eigenvalue weighted by Crippen LogP contribution is -2.46. The molecule has 32 heavy (non-hydrogen) atoms. The van der Waals surface area contributed by atoms with E-state index >= 15 is 0 Å². The number of aryl methyl sites for hydroxylation is 1. The van der Waals surface area contributed by atoms with Crippen LogP contribution in [0.2, 0.25) is 0 Å². The molecule has 2 saturated heterocycles. The Kier molecular flexibility index (Phi) is 7.30. The highest BCUT2D eigenvalue weighted by Gasteiger charge is 2.42. The number of carbonyl (C=O) groups excluding carboxylic acids is 2. The van der Waals surface area contributed by atoms with Crippen LogP contribution >= 0.6 is 0 Å². The number of benzene rings is 2. The summed E-state index contributed by atoms with van der Waals surface area (Å²) >= 11 is 0. The fourth-order valence-corrected chi connectivity index (χ4v) is 4.64. The molecule has 2 amide bonds. The number of ether oxygens (including phenoxy) is 2. The molecular formula is C26H32N2O4. The van der Waals surface area contributed by atoms with E-state index in [0.29, 0.717) is 25.1 Å². The zero-order valence-corrected chi connectivity index (χ0v) is 18.7. The summed E-state index contributed by atoms with van der Waals surface area (Å²) in [6.45, 7) is 2.01. The van der Waals surface area contributed by atoms with Gasteiger partial charge in [-0.25, -0.2) is 0 Å². The maximum Gasteiger partial charge on any atom is 0.245 e. The SMILES string of the molecule is COc1cccc(OC2C[C@H](C(=O)N3CCCC3)N(C(=O)CCCc3ccccc3)C2)c1. The maximum absolute atomic E-state index is 13.2. The Morgan fingerprint density at radius 3 is 2.50 bits per heavy atom. The number of hydrogen-bond acceptors (Lipinski definition) is 4. The van der Waals surface area contributed by atoms with Crippen molar-refractivity contribution in [2.24, 2.45) is 0 Å². The van der Waals surface area contributed by atoms with Crippen molar-refractivity contribution in [3.05, 3.63) is 60.2 Å². The fourth-order valence-electron chi connectivity index (χ4n) is 4.64. The largest absolute Gasteiger partial charge is 0.497 e. The van der Waals surface area contributed by atoms with Crippen molar-refractivity contribution in [1.29, 1.82) is 0 Å². The molecule has 4 rings (SSSR count). The Hall–Kier alpha value is -3.02. The second-order valence-corrected chi connectivity index (χ2v) is 8.59. The first-order valence-electron chi connectivity index (χ1n) is 11.6. The molecule has 2 fully saturated rings. The number of carbonyl (C=O) groups is 2. The first kappa shape index (κ1) is 22.2. The van der Waals surface area contributed by atoms with Crippen LogP contribution in [-0.4, -0.2) is 60.5 Å². The van der Waals surface area contributed by atoms with Gasteiger partial charge in [-0.15, -0.1) is 0 Å². The number of amides is 2. The van der Waals surface area contributed by atoms with E-state index in [0.717, 1.165) is 44.5 Å². The van der Waals surface area contributed by atoms with Crippen molar-refractivity contribution < 1.29 is 19.1 Å². The predicted molar refractivity (Wildman–Crippen MR) is 123 cm³/mol. The van der Waals surface area contributed by atoms with E-state index in [2.05, 4.69) is 12.1 Å². The molecule has 2 heterocycles. The number of hydrogen-bond donors (Lipinski definition) is 0. The van der Waals surface area contributed by atoms with Crippen molar-refractivity contribution >= 4 is 11.8 Å². The number of methoxy groups -OCH3 is 1. The summed E-state index contributed by atoms with van der Waals surface area (Å²) in [5.74, 6) is 1.52. The van der Waals surface area contributed by atoms with Crippen molar-refractivity contribution in [2.45, 2.75) is 50.7 Å². The van der Waals surface area contributed by atoms with Crippen LogP contribution in [0.4, 0.5) is 0 Å². The van der Waals surface area contributed by atoms with Crippen LogP contribution in [0, 0.1) is 0 Å². The van der Waals surface area contributed by atoms with Crippen molar-refractivity contribution in [2.75, 3.05) is 26.7 Å². The molecule has 2 aliphatic heterocycles. The normalized spacial score (nSPS) is 20.4. The van der Waals surface area contributed by atoms with E-state index in [-0.39, 0.29) is 17.9 Å². The molecule has 0 saturated carbocycles. The van der Waals surface area contributed by atoms with Gasteiger partial charge in [0, 0.05) is 32.0 Å². The van der Waals surface area contributed by atoms with Crippen molar-refractivity contribution in [3.8, 4) is 11.5 Å². The molecule has 170 valence electrons. The van der Waals surface area contributed by atoms with Crippen LogP contribution in [-0.2, 0) is 16.0 Å². The standard InChI is InChI=1S/C26H32N2O4/c1-31-21-12-8-13-22(17-21)32-23-18-24(26(30)27-15-5-6-16-27)28(19-23)25(29)14-7-11-20-9-3-2-4-10-20/h2-4,8-10,12-13,17,23-24H,5-7,11,14-16,18-19H2,1H3/t23?,24-/m1/s1. The third kappa shape index (κ3) is 5.42. The van der Waals surface area contributed by atoms with Crippen LogP contribution < -0.4 is 9.47 Å². The van der Waals surface area contributed by atoms with E-state index < -0.39 is 6.04 Å². The number of nitrogens with zero attached hydrogens (tertiary/aromatic N) is 2. The van der Waals surface area contributed by atoms with Crippen LogP contribution in [0.3, 0.4) is 0 Å². The van der Waals surface area contributed by atoms with Crippen molar-refractivity contribution in [1.82, 2.24) is 9.80 Å². The van der Waals surface area contributed by atoms with Crippen LogP contribution in [0.5, 0.6) is 11.5 Å². The molecule has 6 nitrogen and oxygen atoms in total. The lowest BCUT2D eigenvalue weighted by atomic mass is 10.1. The van der Waals surface area contributed by atoms with E-state index in [4.69, 9.17) is 9.47 Å². The second-order valence-electron chi connectivity index (χ2n) is 8.59. The molecule has 0 N–H and O–H groups in total. The lowest BCUT2D eigenvalue weighted by Gasteiger charge is -2.27. The Morgan fingerprint density at radius 1 is 1.00 bits per heavy atom. The Balaban J connectivity index is 1.41. The molecule has 2 aromatic rings. The van der Waals surface area contributed by atoms with Crippen molar-refractivity contribution in [3.63, 3.8) is 0 Å². The van der Waals surface area contributed by atoms with Gasteiger partial charge >= 0.3 is 0 Å². The van der Waals surface area contributed by atoms with Crippen LogP contribution in [0.15, 0.2) is 54.6 Å². The van der Waals surface area contributed by atoms with E-state index in [1.54, 1.807) is 12.0 Å². The molecule has 6 heteroatoms.